The molecule has 0 saturated carbocycles. The molecule has 0 aliphatic carbocycles. The van der Waals surface area contributed by atoms with Crippen LogP contribution in [0, 0.1) is 0 Å². The molecule has 72 valence electrons. The van der Waals surface area contributed by atoms with Gasteiger partial charge < -0.3 is 4.74 Å². The fourth-order valence-electron chi connectivity index (χ4n) is 0.832. The van der Waals surface area contributed by atoms with Gasteiger partial charge in [-0.25, -0.2) is 0 Å². The van der Waals surface area contributed by atoms with Crippen LogP contribution in [0.3, 0.4) is 0 Å². The summed E-state index contributed by atoms with van der Waals surface area (Å²) in [4.78, 5) is 0. The van der Waals surface area contributed by atoms with E-state index in [2.05, 4.69) is 15.9 Å². The predicted octanol–water partition coefficient (Wildman–Crippen LogP) is 4.54. The van der Waals surface area contributed by atoms with Gasteiger partial charge in [0.2, 0.25) is 0 Å². The van der Waals surface area contributed by atoms with Crippen LogP contribution < -0.4 is 4.74 Å². The summed E-state index contributed by atoms with van der Waals surface area (Å²) in [5, 5.41) is 0.958. The molecule has 0 N–H and O–H groups in total. The molecule has 0 bridgehead atoms. The van der Waals surface area contributed by atoms with Gasteiger partial charge in [0.15, 0.2) is 0 Å². The lowest BCUT2D eigenvalue weighted by Crippen LogP contribution is -1.95. The van der Waals surface area contributed by atoms with Crippen molar-refractivity contribution >= 4 is 39.1 Å². The number of hydrogen-bond acceptors (Lipinski definition) is 1. The van der Waals surface area contributed by atoms with E-state index < -0.39 is 0 Å². The van der Waals surface area contributed by atoms with Gasteiger partial charge in [-0.1, -0.05) is 30.1 Å². The maximum absolute atomic E-state index is 5.95. The van der Waals surface area contributed by atoms with E-state index in [9.17, 15) is 0 Å². The molecule has 0 aliphatic heterocycles. The summed E-state index contributed by atoms with van der Waals surface area (Å²) < 4.78 is 6.17. The Morgan fingerprint density at radius 1 is 1.31 bits per heavy atom. The van der Waals surface area contributed by atoms with E-state index in [1.54, 1.807) is 6.07 Å². The van der Waals surface area contributed by atoms with Crippen molar-refractivity contribution in [1.82, 2.24) is 0 Å². The van der Waals surface area contributed by atoms with Crippen molar-refractivity contribution < 1.29 is 4.74 Å². The molecule has 0 spiro atoms. The lowest BCUT2D eigenvalue weighted by atomic mass is 10.3. The topological polar surface area (TPSA) is 9.23 Å². The first-order valence-electron chi connectivity index (χ1n) is 3.93. The van der Waals surface area contributed by atoms with Crippen LogP contribution >= 0.6 is 39.1 Å². The molecule has 1 rings (SSSR count). The Morgan fingerprint density at radius 2 is 2.00 bits per heavy atom. The van der Waals surface area contributed by atoms with Crippen LogP contribution in [0.25, 0.3) is 0 Å². The van der Waals surface area contributed by atoms with Crippen molar-refractivity contribution in [2.24, 2.45) is 0 Å². The van der Waals surface area contributed by atoms with Crippen molar-refractivity contribution in [2.45, 2.75) is 13.3 Å². The minimum Gasteiger partial charge on any atom is -0.492 e. The van der Waals surface area contributed by atoms with Crippen LogP contribution in [-0.4, -0.2) is 6.61 Å². The standard InChI is InChI=1S/C9H9BrCl2O/c1-2-5-13-7-4-3-6(10)8(11)9(7)12/h3-4H,2,5H2,1H3. The summed E-state index contributed by atoms with van der Waals surface area (Å²) in [7, 11) is 0. The van der Waals surface area contributed by atoms with Crippen molar-refractivity contribution in [3.63, 3.8) is 0 Å². The van der Waals surface area contributed by atoms with Crippen LogP contribution in [0.5, 0.6) is 5.75 Å². The third-order valence-corrected chi connectivity index (χ3v) is 3.22. The van der Waals surface area contributed by atoms with Crippen LogP contribution in [0.1, 0.15) is 13.3 Å². The van der Waals surface area contributed by atoms with Gasteiger partial charge in [-0.15, -0.1) is 0 Å². The highest BCUT2D eigenvalue weighted by molar-refractivity contribution is 9.10. The largest absolute Gasteiger partial charge is 0.492 e. The Morgan fingerprint density at radius 3 is 2.62 bits per heavy atom. The minimum absolute atomic E-state index is 0.462. The first-order valence-corrected chi connectivity index (χ1v) is 5.48. The lowest BCUT2D eigenvalue weighted by Gasteiger charge is -2.08. The van der Waals surface area contributed by atoms with E-state index in [1.807, 2.05) is 13.0 Å². The molecule has 0 fully saturated rings. The Kier molecular flexibility index (Phi) is 4.36. The average molecular weight is 284 g/mol. The number of ether oxygens (including phenoxy) is 1. The number of halogens is 3. The van der Waals surface area contributed by atoms with E-state index in [4.69, 9.17) is 27.9 Å². The fraction of sp³-hybridized carbons (Fsp3) is 0.333. The molecule has 0 saturated heterocycles. The Bertz CT molecular complexity index is 302. The molecule has 0 aliphatic rings. The van der Waals surface area contributed by atoms with Crippen molar-refractivity contribution in [3.8, 4) is 5.75 Å². The van der Waals surface area contributed by atoms with Gasteiger partial charge in [0.25, 0.3) is 0 Å². The molecule has 0 heterocycles. The van der Waals surface area contributed by atoms with E-state index in [0.29, 0.717) is 22.4 Å². The van der Waals surface area contributed by atoms with Gasteiger partial charge in [-0.2, -0.15) is 0 Å². The molecule has 1 nitrogen and oxygen atoms in total. The van der Waals surface area contributed by atoms with Gasteiger partial charge in [-0.3, -0.25) is 0 Å². The van der Waals surface area contributed by atoms with Crippen LogP contribution in [-0.2, 0) is 0 Å². The SMILES string of the molecule is CCCOc1ccc(Br)c(Cl)c1Cl. The molecule has 4 heteroatoms. The zero-order valence-electron chi connectivity index (χ0n) is 7.11. The van der Waals surface area contributed by atoms with Crippen LogP contribution in [0.15, 0.2) is 16.6 Å². The second kappa shape index (κ2) is 5.08. The second-order valence-corrected chi connectivity index (χ2v) is 4.13. The minimum atomic E-state index is 0.462. The van der Waals surface area contributed by atoms with Crippen LogP contribution in [0.2, 0.25) is 10.0 Å². The molecule has 0 radical (unpaired) electrons. The molecule has 1 aromatic rings. The summed E-state index contributed by atoms with van der Waals surface area (Å²) in [5.74, 6) is 0.636. The van der Waals surface area contributed by atoms with Crippen LogP contribution in [0.4, 0.5) is 0 Å². The summed E-state index contributed by atoms with van der Waals surface area (Å²) in [5.41, 5.74) is 0. The molecule has 0 aromatic heterocycles. The highest BCUT2D eigenvalue weighted by Gasteiger charge is 2.08. The maximum Gasteiger partial charge on any atom is 0.139 e. The third kappa shape index (κ3) is 2.76. The molecule has 0 atom stereocenters. The molecule has 1 aromatic carbocycles. The Hall–Kier alpha value is 0.0800. The number of benzene rings is 1. The van der Waals surface area contributed by atoms with Gasteiger partial charge in [0, 0.05) is 4.47 Å². The Balaban J connectivity index is 2.90. The maximum atomic E-state index is 5.95. The summed E-state index contributed by atoms with van der Waals surface area (Å²) >= 11 is 15.1. The highest BCUT2D eigenvalue weighted by Crippen LogP contribution is 2.37. The molecule has 0 unspecified atom stereocenters. The zero-order chi connectivity index (χ0) is 9.84. The van der Waals surface area contributed by atoms with E-state index in [-0.39, 0.29) is 0 Å². The van der Waals surface area contributed by atoms with Crippen molar-refractivity contribution in [3.05, 3.63) is 26.7 Å². The second-order valence-electron chi connectivity index (χ2n) is 2.52. The van der Waals surface area contributed by atoms with Crippen molar-refractivity contribution in [2.75, 3.05) is 6.61 Å². The molecular formula is C9H9BrCl2O. The smallest absolute Gasteiger partial charge is 0.139 e. The fourth-order valence-corrected chi connectivity index (χ4v) is 1.65. The normalized spacial score (nSPS) is 10.2. The van der Waals surface area contributed by atoms with Gasteiger partial charge in [0.05, 0.1) is 11.6 Å². The first kappa shape index (κ1) is 11.2. The summed E-state index contributed by atoms with van der Waals surface area (Å²) in [6, 6.07) is 3.62. The summed E-state index contributed by atoms with van der Waals surface area (Å²) in [6.45, 7) is 2.69. The number of hydrogen-bond donors (Lipinski definition) is 0. The molecular weight excluding hydrogens is 275 g/mol. The van der Waals surface area contributed by atoms with Gasteiger partial charge in [0.1, 0.15) is 10.8 Å². The molecule has 0 amide bonds. The van der Waals surface area contributed by atoms with E-state index in [1.165, 1.54) is 0 Å². The average Bonchev–Trinajstić information content (AvgIpc) is 2.13. The quantitative estimate of drug-likeness (QED) is 0.740. The first-order chi connectivity index (χ1) is 6.16. The monoisotopic (exact) mass is 282 g/mol. The van der Waals surface area contributed by atoms with Gasteiger partial charge in [-0.05, 0) is 34.5 Å². The van der Waals surface area contributed by atoms with Crippen molar-refractivity contribution in [1.29, 1.82) is 0 Å². The third-order valence-electron chi connectivity index (χ3n) is 1.46. The lowest BCUT2D eigenvalue weighted by molar-refractivity contribution is 0.317. The predicted molar refractivity (Wildman–Crippen MR) is 59.9 cm³/mol. The Labute approximate surface area is 96.1 Å². The zero-order valence-corrected chi connectivity index (χ0v) is 10.2. The van der Waals surface area contributed by atoms with E-state index in [0.717, 1.165) is 10.9 Å². The van der Waals surface area contributed by atoms with E-state index >= 15 is 0 Å². The highest BCUT2D eigenvalue weighted by atomic mass is 79.9. The number of rotatable bonds is 3. The molecule has 13 heavy (non-hydrogen) atoms. The van der Waals surface area contributed by atoms with Gasteiger partial charge >= 0.3 is 0 Å². The summed E-state index contributed by atoms with van der Waals surface area (Å²) in [6.07, 6.45) is 0.948.